The third-order valence-corrected chi connectivity index (χ3v) is 8.96. The van der Waals surface area contributed by atoms with Gasteiger partial charge >= 0.3 is 22.7 Å². The van der Waals surface area contributed by atoms with Crippen LogP contribution in [-0.2, 0) is 19.4 Å². The molecule has 6 aromatic rings. The maximum atomic E-state index is 12.4. The lowest BCUT2D eigenvalue weighted by atomic mass is 9.78. The van der Waals surface area contributed by atoms with Crippen molar-refractivity contribution in [2.75, 3.05) is 0 Å². The van der Waals surface area contributed by atoms with Gasteiger partial charge in [0, 0.05) is 38.4 Å². The molecular formula is C31H28BF3N2O7S. The Morgan fingerprint density at radius 2 is 1.20 bits per heavy atom. The zero-order valence-electron chi connectivity index (χ0n) is 25.1. The van der Waals surface area contributed by atoms with Gasteiger partial charge in [0.05, 0.1) is 11.2 Å². The average molecular weight is 640 g/mol. The van der Waals surface area contributed by atoms with Gasteiger partial charge in [0.2, 0.25) is 11.4 Å². The number of aromatic nitrogens is 2. The number of aryl methyl sites for hydroxylation is 2. The molecule has 0 atom stereocenters. The number of furan rings is 2. The van der Waals surface area contributed by atoms with Crippen LogP contribution in [0.4, 0.5) is 13.2 Å². The van der Waals surface area contributed by atoms with Gasteiger partial charge < -0.3 is 22.3 Å². The number of halogens is 3. The summed E-state index contributed by atoms with van der Waals surface area (Å²) >= 11 is 0. The van der Waals surface area contributed by atoms with E-state index in [2.05, 4.69) is 47.9 Å². The number of alkyl halides is 3. The number of rotatable bonds is 3. The van der Waals surface area contributed by atoms with Crippen molar-refractivity contribution in [2.24, 2.45) is 0 Å². The average Bonchev–Trinajstić information content (AvgIpc) is 3.56. The molecule has 0 radical (unpaired) electrons. The van der Waals surface area contributed by atoms with Crippen LogP contribution in [0.5, 0.6) is 5.75 Å². The lowest BCUT2D eigenvalue weighted by Crippen LogP contribution is -2.41. The van der Waals surface area contributed by atoms with E-state index in [1.165, 1.54) is 6.07 Å². The van der Waals surface area contributed by atoms with Crippen LogP contribution in [0, 0.1) is 13.8 Å². The molecule has 5 heterocycles. The Morgan fingerprint density at radius 1 is 0.711 bits per heavy atom. The molecule has 4 aromatic heterocycles. The Kier molecular flexibility index (Phi) is 7.18. The second-order valence-electron chi connectivity index (χ2n) is 11.7. The molecule has 2 aromatic carbocycles. The van der Waals surface area contributed by atoms with E-state index in [1.54, 1.807) is 25.1 Å². The number of fused-ring (bicyclic) bond motifs is 6. The van der Waals surface area contributed by atoms with Crippen molar-refractivity contribution >= 4 is 66.8 Å². The number of para-hydroxylation sites is 2. The fourth-order valence-electron chi connectivity index (χ4n) is 4.93. The van der Waals surface area contributed by atoms with Crippen molar-refractivity contribution in [2.45, 2.75) is 58.3 Å². The minimum atomic E-state index is -5.77. The SMILES string of the molecule is Cc1ccc2c(n1)oc1c(B3OC(C)(C)C(C)(C)O3)cccc12.Cc1ccc2c(n1)oc1c(OS(=O)(=O)C(F)(F)F)cccc12. The van der Waals surface area contributed by atoms with Gasteiger partial charge in [-0.25, -0.2) is 9.97 Å². The molecule has 14 heteroatoms. The normalized spacial score (nSPS) is 16.4. The summed E-state index contributed by atoms with van der Waals surface area (Å²) in [6.07, 6.45) is 0. The number of hydrogen-bond acceptors (Lipinski definition) is 9. The fourth-order valence-corrected chi connectivity index (χ4v) is 5.39. The number of benzene rings is 2. The van der Waals surface area contributed by atoms with Gasteiger partial charge in [-0.05, 0) is 71.9 Å². The van der Waals surface area contributed by atoms with E-state index in [1.807, 2.05) is 31.2 Å². The van der Waals surface area contributed by atoms with Crippen molar-refractivity contribution < 1.29 is 43.9 Å². The van der Waals surface area contributed by atoms with Crippen LogP contribution < -0.4 is 9.65 Å². The molecule has 0 amide bonds. The Balaban J connectivity index is 0.000000159. The van der Waals surface area contributed by atoms with Gasteiger partial charge in [-0.15, -0.1) is 0 Å². The molecule has 0 spiro atoms. The number of pyridine rings is 2. The molecule has 1 aliphatic heterocycles. The van der Waals surface area contributed by atoms with Crippen LogP contribution in [0.25, 0.3) is 44.1 Å². The quantitative estimate of drug-likeness (QED) is 0.113. The number of nitrogens with zero attached hydrogens (tertiary/aromatic N) is 2. The molecule has 234 valence electrons. The van der Waals surface area contributed by atoms with Crippen LogP contribution in [0.2, 0.25) is 0 Å². The standard InChI is InChI=1S/C18H20BNO3.C13H8F3NO4S/c1-11-9-10-13-12-7-6-8-14(15(12)21-16(13)20-11)19-22-17(2,3)18(4,5)23-19;1-7-5-6-9-8-3-2-4-10(11(8)20-12(9)17-7)21-22(18,19)13(14,15)16/h6-10H,1-5H3;2-6H,1H3. The second-order valence-corrected chi connectivity index (χ2v) is 13.3. The molecule has 1 fully saturated rings. The van der Waals surface area contributed by atoms with Crippen molar-refractivity contribution in [3.63, 3.8) is 0 Å². The van der Waals surface area contributed by atoms with Crippen LogP contribution in [0.3, 0.4) is 0 Å². The summed E-state index contributed by atoms with van der Waals surface area (Å²) in [5, 5.41) is 3.02. The summed E-state index contributed by atoms with van der Waals surface area (Å²) < 4.78 is 87.4. The van der Waals surface area contributed by atoms with E-state index >= 15 is 0 Å². The minimum absolute atomic E-state index is 0.108. The van der Waals surface area contributed by atoms with Crippen molar-refractivity contribution in [3.8, 4) is 5.75 Å². The van der Waals surface area contributed by atoms with Crippen LogP contribution in [0.1, 0.15) is 39.1 Å². The highest BCUT2D eigenvalue weighted by Gasteiger charge is 2.52. The van der Waals surface area contributed by atoms with E-state index in [4.69, 9.17) is 18.1 Å². The Bertz CT molecular complexity index is 2190. The first kappa shape index (κ1) is 30.9. The highest BCUT2D eigenvalue weighted by Crippen LogP contribution is 2.38. The predicted molar refractivity (Wildman–Crippen MR) is 164 cm³/mol. The van der Waals surface area contributed by atoms with Gasteiger partial charge in [0.15, 0.2) is 11.3 Å². The molecule has 1 aliphatic rings. The highest BCUT2D eigenvalue weighted by molar-refractivity contribution is 7.88. The highest BCUT2D eigenvalue weighted by atomic mass is 32.2. The summed E-state index contributed by atoms with van der Waals surface area (Å²) in [4.78, 5) is 8.59. The van der Waals surface area contributed by atoms with Gasteiger partial charge in [-0.2, -0.15) is 21.6 Å². The molecule has 0 aliphatic carbocycles. The molecule has 7 rings (SSSR count). The van der Waals surface area contributed by atoms with Crippen LogP contribution in [-0.4, -0.2) is 42.2 Å². The molecule has 1 saturated heterocycles. The van der Waals surface area contributed by atoms with E-state index in [0.717, 1.165) is 33.6 Å². The maximum absolute atomic E-state index is 12.4. The second kappa shape index (κ2) is 10.5. The topological polar surface area (TPSA) is 114 Å². The van der Waals surface area contributed by atoms with Gasteiger partial charge in [-0.3, -0.25) is 0 Å². The Hall–Kier alpha value is -4.14. The zero-order chi connectivity index (χ0) is 32.5. The smallest absolute Gasteiger partial charge is 0.438 e. The third-order valence-electron chi connectivity index (χ3n) is 7.99. The predicted octanol–water partition coefficient (Wildman–Crippen LogP) is 7.11. The fraction of sp³-hybridized carbons (Fsp3) is 0.290. The molecular weight excluding hydrogens is 612 g/mol. The summed E-state index contributed by atoms with van der Waals surface area (Å²) in [7, 11) is -6.21. The van der Waals surface area contributed by atoms with Crippen molar-refractivity contribution in [1.29, 1.82) is 0 Å². The minimum Gasteiger partial charge on any atom is -0.438 e. The van der Waals surface area contributed by atoms with Crippen LogP contribution >= 0.6 is 0 Å². The van der Waals surface area contributed by atoms with Crippen molar-refractivity contribution in [1.82, 2.24) is 9.97 Å². The summed E-state index contributed by atoms with van der Waals surface area (Å²) in [6, 6.07) is 17.5. The Labute approximate surface area is 256 Å². The van der Waals surface area contributed by atoms with Crippen LogP contribution in [0.15, 0.2) is 69.5 Å². The monoisotopic (exact) mass is 640 g/mol. The molecule has 0 unspecified atom stereocenters. The first-order valence-corrected chi connectivity index (χ1v) is 15.3. The summed E-state index contributed by atoms with van der Waals surface area (Å²) in [5.74, 6) is -0.537. The largest absolute Gasteiger partial charge is 0.534 e. The van der Waals surface area contributed by atoms with E-state index in [9.17, 15) is 21.6 Å². The first-order chi connectivity index (χ1) is 21.0. The molecule has 0 N–H and O–H groups in total. The van der Waals surface area contributed by atoms with Gasteiger partial charge in [-0.1, -0.05) is 30.3 Å². The number of hydrogen-bond donors (Lipinski definition) is 0. The first-order valence-electron chi connectivity index (χ1n) is 13.9. The lowest BCUT2D eigenvalue weighted by Gasteiger charge is -2.32. The van der Waals surface area contributed by atoms with Gasteiger partial charge in [0.1, 0.15) is 5.58 Å². The Morgan fingerprint density at radius 3 is 1.73 bits per heavy atom. The third kappa shape index (κ3) is 5.40. The molecule has 0 bridgehead atoms. The summed E-state index contributed by atoms with van der Waals surface area (Å²) in [5.41, 5.74) is -2.23. The molecule has 0 saturated carbocycles. The molecule has 9 nitrogen and oxygen atoms in total. The maximum Gasteiger partial charge on any atom is 0.534 e. The van der Waals surface area contributed by atoms with E-state index in [-0.39, 0.29) is 22.5 Å². The lowest BCUT2D eigenvalue weighted by molar-refractivity contribution is -0.0499. The summed E-state index contributed by atoms with van der Waals surface area (Å²) in [6.45, 7) is 11.9. The van der Waals surface area contributed by atoms with Gasteiger partial charge in [0.25, 0.3) is 0 Å². The zero-order valence-corrected chi connectivity index (χ0v) is 26.0. The van der Waals surface area contributed by atoms with E-state index < -0.39 is 28.5 Å². The van der Waals surface area contributed by atoms with Crippen molar-refractivity contribution in [3.05, 3.63) is 72.1 Å². The molecule has 45 heavy (non-hydrogen) atoms. The van der Waals surface area contributed by atoms with E-state index in [0.29, 0.717) is 22.2 Å².